The van der Waals surface area contributed by atoms with Gasteiger partial charge in [-0.1, -0.05) is 44.2 Å². The highest BCUT2D eigenvalue weighted by molar-refractivity contribution is 5.84. The number of benzene rings is 1. The molecule has 0 radical (unpaired) electrons. The molecule has 0 bridgehead atoms. The SMILES string of the molecule is CCCOC(=O)CC(C(=O)OCCC)c1ccccc1. The van der Waals surface area contributed by atoms with Crippen LogP contribution in [0.3, 0.4) is 0 Å². The minimum absolute atomic E-state index is 0.0204. The van der Waals surface area contributed by atoms with E-state index in [0.29, 0.717) is 13.2 Å². The summed E-state index contributed by atoms with van der Waals surface area (Å²) in [7, 11) is 0. The van der Waals surface area contributed by atoms with Crippen LogP contribution in [0.2, 0.25) is 0 Å². The van der Waals surface area contributed by atoms with E-state index in [0.717, 1.165) is 18.4 Å². The van der Waals surface area contributed by atoms with Crippen LogP contribution in [0.4, 0.5) is 0 Å². The number of carbonyl (C=O) groups is 2. The number of ether oxygens (including phenoxy) is 2. The van der Waals surface area contributed by atoms with Crippen LogP contribution in [0, 0.1) is 0 Å². The maximum absolute atomic E-state index is 12.1. The highest BCUT2D eigenvalue weighted by Crippen LogP contribution is 2.22. The summed E-state index contributed by atoms with van der Waals surface area (Å²) in [5, 5.41) is 0. The molecule has 1 atom stereocenters. The zero-order valence-corrected chi connectivity index (χ0v) is 12.1. The van der Waals surface area contributed by atoms with E-state index in [9.17, 15) is 9.59 Å². The lowest BCUT2D eigenvalue weighted by atomic mass is 9.96. The van der Waals surface area contributed by atoms with Crippen molar-refractivity contribution in [1.82, 2.24) is 0 Å². The summed E-state index contributed by atoms with van der Waals surface area (Å²) in [5.74, 6) is -1.33. The van der Waals surface area contributed by atoms with Gasteiger partial charge in [0.1, 0.15) is 0 Å². The van der Waals surface area contributed by atoms with E-state index in [2.05, 4.69) is 0 Å². The Kier molecular flexibility index (Phi) is 7.40. The maximum Gasteiger partial charge on any atom is 0.314 e. The van der Waals surface area contributed by atoms with Gasteiger partial charge in [0.15, 0.2) is 0 Å². The number of hydrogen-bond acceptors (Lipinski definition) is 4. The number of carbonyl (C=O) groups excluding carboxylic acids is 2. The first-order valence-electron chi connectivity index (χ1n) is 7.06. The van der Waals surface area contributed by atoms with Gasteiger partial charge in [-0.05, 0) is 18.4 Å². The normalized spacial score (nSPS) is 11.7. The highest BCUT2D eigenvalue weighted by atomic mass is 16.5. The fraction of sp³-hybridized carbons (Fsp3) is 0.500. The van der Waals surface area contributed by atoms with Crippen LogP contribution in [-0.2, 0) is 19.1 Å². The lowest BCUT2D eigenvalue weighted by Crippen LogP contribution is -2.21. The van der Waals surface area contributed by atoms with Crippen LogP contribution in [0.25, 0.3) is 0 Å². The van der Waals surface area contributed by atoms with Gasteiger partial charge in [-0.25, -0.2) is 0 Å². The molecule has 0 N–H and O–H groups in total. The molecule has 20 heavy (non-hydrogen) atoms. The van der Waals surface area contributed by atoms with E-state index in [-0.39, 0.29) is 18.4 Å². The van der Waals surface area contributed by atoms with Gasteiger partial charge < -0.3 is 9.47 Å². The molecule has 0 fully saturated rings. The van der Waals surface area contributed by atoms with Gasteiger partial charge in [0.05, 0.1) is 25.6 Å². The molecule has 1 aromatic rings. The molecule has 1 rings (SSSR count). The van der Waals surface area contributed by atoms with Crippen LogP contribution in [0.5, 0.6) is 0 Å². The molecule has 0 heterocycles. The molecule has 1 unspecified atom stereocenters. The van der Waals surface area contributed by atoms with E-state index >= 15 is 0 Å². The van der Waals surface area contributed by atoms with Crippen LogP contribution in [0.15, 0.2) is 30.3 Å². The second kappa shape index (κ2) is 9.13. The molecule has 0 amide bonds. The van der Waals surface area contributed by atoms with E-state index in [1.165, 1.54) is 0 Å². The zero-order valence-electron chi connectivity index (χ0n) is 12.1. The molecule has 110 valence electrons. The van der Waals surface area contributed by atoms with Gasteiger partial charge in [0.2, 0.25) is 0 Å². The van der Waals surface area contributed by atoms with Crippen LogP contribution in [-0.4, -0.2) is 25.2 Å². The zero-order chi connectivity index (χ0) is 14.8. The first-order chi connectivity index (χ1) is 9.69. The molecule has 4 heteroatoms. The van der Waals surface area contributed by atoms with Gasteiger partial charge in [-0.15, -0.1) is 0 Å². The molecule has 1 aromatic carbocycles. The third kappa shape index (κ3) is 5.43. The molecular formula is C16H22O4. The van der Waals surface area contributed by atoms with E-state index in [1.807, 2.05) is 44.2 Å². The Bertz CT molecular complexity index is 414. The maximum atomic E-state index is 12.1. The van der Waals surface area contributed by atoms with Crippen LogP contribution < -0.4 is 0 Å². The lowest BCUT2D eigenvalue weighted by molar-refractivity contribution is -0.152. The molecule has 0 aliphatic heterocycles. The Hall–Kier alpha value is -1.84. The topological polar surface area (TPSA) is 52.6 Å². The van der Waals surface area contributed by atoms with Gasteiger partial charge in [0.25, 0.3) is 0 Å². The van der Waals surface area contributed by atoms with E-state index in [1.54, 1.807) is 0 Å². The average Bonchev–Trinajstić information content (AvgIpc) is 2.49. The largest absolute Gasteiger partial charge is 0.466 e. The third-order valence-electron chi connectivity index (χ3n) is 2.77. The third-order valence-corrected chi connectivity index (χ3v) is 2.77. The Morgan fingerprint density at radius 2 is 1.60 bits per heavy atom. The summed E-state index contributed by atoms with van der Waals surface area (Å²) >= 11 is 0. The highest BCUT2D eigenvalue weighted by Gasteiger charge is 2.25. The van der Waals surface area contributed by atoms with Crippen molar-refractivity contribution < 1.29 is 19.1 Å². The molecule has 0 saturated carbocycles. The standard InChI is InChI=1S/C16H22O4/c1-3-10-19-15(17)12-14(16(18)20-11-4-2)13-8-6-5-7-9-13/h5-9,14H,3-4,10-12H2,1-2H3. The van der Waals surface area contributed by atoms with Gasteiger partial charge in [0, 0.05) is 0 Å². The quantitative estimate of drug-likeness (QED) is 0.686. The van der Waals surface area contributed by atoms with Crippen molar-refractivity contribution in [3.8, 4) is 0 Å². The Balaban J connectivity index is 2.74. The van der Waals surface area contributed by atoms with Crippen molar-refractivity contribution in [1.29, 1.82) is 0 Å². The van der Waals surface area contributed by atoms with E-state index in [4.69, 9.17) is 9.47 Å². The Morgan fingerprint density at radius 3 is 2.20 bits per heavy atom. The van der Waals surface area contributed by atoms with Crippen molar-refractivity contribution in [3.63, 3.8) is 0 Å². The summed E-state index contributed by atoms with van der Waals surface area (Å²) in [6.45, 7) is 4.61. The minimum atomic E-state index is -0.591. The summed E-state index contributed by atoms with van der Waals surface area (Å²) in [4.78, 5) is 23.8. The van der Waals surface area contributed by atoms with Crippen LogP contribution >= 0.6 is 0 Å². The van der Waals surface area contributed by atoms with Gasteiger partial charge in [-0.2, -0.15) is 0 Å². The van der Waals surface area contributed by atoms with Crippen molar-refractivity contribution in [2.45, 2.75) is 39.0 Å². The molecule has 4 nitrogen and oxygen atoms in total. The Morgan fingerprint density at radius 1 is 1.00 bits per heavy atom. The second-order valence-corrected chi connectivity index (χ2v) is 4.56. The van der Waals surface area contributed by atoms with E-state index < -0.39 is 5.92 Å². The van der Waals surface area contributed by atoms with Crippen molar-refractivity contribution in [3.05, 3.63) is 35.9 Å². The minimum Gasteiger partial charge on any atom is -0.466 e. The predicted molar refractivity (Wildman–Crippen MR) is 76.3 cm³/mol. The smallest absolute Gasteiger partial charge is 0.314 e. The lowest BCUT2D eigenvalue weighted by Gasteiger charge is -2.15. The number of esters is 2. The van der Waals surface area contributed by atoms with Gasteiger partial charge in [-0.3, -0.25) is 9.59 Å². The predicted octanol–water partition coefficient (Wildman–Crippen LogP) is 3.07. The summed E-state index contributed by atoms with van der Waals surface area (Å²) in [6, 6.07) is 9.20. The fourth-order valence-corrected chi connectivity index (χ4v) is 1.77. The van der Waals surface area contributed by atoms with Gasteiger partial charge >= 0.3 is 11.9 Å². The second-order valence-electron chi connectivity index (χ2n) is 4.56. The first kappa shape index (κ1) is 16.2. The molecule has 0 spiro atoms. The monoisotopic (exact) mass is 278 g/mol. The summed E-state index contributed by atoms with van der Waals surface area (Å²) in [5.41, 5.74) is 0.780. The molecule has 0 aliphatic rings. The first-order valence-corrected chi connectivity index (χ1v) is 7.06. The molecule has 0 aromatic heterocycles. The number of hydrogen-bond donors (Lipinski definition) is 0. The average molecular weight is 278 g/mol. The molecular weight excluding hydrogens is 256 g/mol. The Labute approximate surface area is 120 Å². The number of rotatable bonds is 8. The fourth-order valence-electron chi connectivity index (χ4n) is 1.77. The van der Waals surface area contributed by atoms with Crippen molar-refractivity contribution >= 4 is 11.9 Å². The van der Waals surface area contributed by atoms with Crippen molar-refractivity contribution in [2.75, 3.05) is 13.2 Å². The summed E-state index contributed by atoms with van der Waals surface area (Å²) < 4.78 is 10.2. The van der Waals surface area contributed by atoms with Crippen molar-refractivity contribution in [2.24, 2.45) is 0 Å². The molecule has 0 aliphatic carbocycles. The molecule has 0 saturated heterocycles. The summed E-state index contributed by atoms with van der Waals surface area (Å²) in [6.07, 6.45) is 1.54. The van der Waals surface area contributed by atoms with Crippen LogP contribution in [0.1, 0.15) is 44.6 Å².